The Morgan fingerprint density at radius 3 is 2.17 bits per heavy atom. The molecule has 78 heavy (non-hydrogen) atoms. The summed E-state index contributed by atoms with van der Waals surface area (Å²) in [5.41, 5.74) is 3.29. The van der Waals surface area contributed by atoms with E-state index in [0.29, 0.717) is 72.2 Å². The lowest BCUT2D eigenvalue weighted by Gasteiger charge is -2.46. The van der Waals surface area contributed by atoms with Gasteiger partial charge in [0.05, 0.1) is 43.4 Å². The first-order valence-corrected chi connectivity index (χ1v) is 26.3. The molecule has 16 nitrogen and oxygen atoms in total. The molecule has 6 atom stereocenters. The zero-order chi connectivity index (χ0) is 53.8. The quantitative estimate of drug-likeness (QED) is 0.0633. The molecule has 1 spiro atoms. The van der Waals surface area contributed by atoms with Crippen LogP contribution in [0.1, 0.15) is 57.1 Å². The van der Waals surface area contributed by atoms with Crippen molar-refractivity contribution in [1.29, 1.82) is 0 Å². The average molecular weight is 1050 g/mol. The molecule has 5 aliphatic heterocycles. The fraction of sp³-hybridized carbons (Fsp3) is 0.323. The van der Waals surface area contributed by atoms with Crippen LogP contribution in [0.15, 0.2) is 152 Å². The normalized spacial score (nSPS) is 22.4. The molecule has 0 unspecified atom stereocenters. The number of hydrogen-bond acceptors (Lipinski definition) is 14. The lowest BCUT2D eigenvalue weighted by molar-refractivity contribution is -0.179. The Kier molecular flexibility index (Phi) is 15.3. The standard InChI is InChI=1S/C62H61N5O11/c1-63(39-43-13-6-3-7-14-43)28-12-15-42-20-26-50-49(37-42)62(60(71)66(50)61(72)75-36-35-73-2)53(58(69)65-31-29-64(30-32-65)40-44-21-27-51-52(38-44)77-41-76-51)55-59(70)78-56(46-18-10-5-11-19-46)54(45-16-8-4-9-17-45)67(55)57(62)47-22-24-48(25-23-47)74-34-33-68/h3-11,13-14,16-27,37-38,53-57,68H,28-36,39-41H2,1-2H3/t53-,54-,55-,56+,57+,62-/m0/s1. The first-order chi connectivity index (χ1) is 38.2. The van der Waals surface area contributed by atoms with Gasteiger partial charge in [0.1, 0.15) is 36.5 Å². The molecule has 0 aliphatic carbocycles. The van der Waals surface area contributed by atoms with Gasteiger partial charge in [0.2, 0.25) is 18.6 Å². The number of morpholine rings is 1. The highest BCUT2D eigenvalue weighted by molar-refractivity contribution is 6.23. The van der Waals surface area contributed by atoms with Gasteiger partial charge in [0, 0.05) is 51.9 Å². The maximum absolute atomic E-state index is 16.7. The molecule has 6 aromatic carbocycles. The molecule has 3 fully saturated rings. The number of carbonyl (C=O) groups is 4. The van der Waals surface area contributed by atoms with Gasteiger partial charge in [0.25, 0.3) is 0 Å². The van der Waals surface area contributed by atoms with Crippen LogP contribution in [0.2, 0.25) is 0 Å². The Bertz CT molecular complexity index is 3200. The molecular weight excluding hydrogens is 991 g/mol. The molecule has 3 saturated heterocycles. The predicted molar refractivity (Wildman–Crippen MR) is 288 cm³/mol. The van der Waals surface area contributed by atoms with Crippen LogP contribution in [0.5, 0.6) is 17.2 Å². The number of imide groups is 1. The summed E-state index contributed by atoms with van der Waals surface area (Å²) >= 11 is 0. The van der Waals surface area contributed by atoms with E-state index in [-0.39, 0.29) is 52.0 Å². The van der Waals surface area contributed by atoms with Gasteiger partial charge < -0.3 is 38.4 Å². The summed E-state index contributed by atoms with van der Waals surface area (Å²) < 4.78 is 34.9. The summed E-state index contributed by atoms with van der Waals surface area (Å²) in [7, 11) is 3.47. The Morgan fingerprint density at radius 2 is 1.45 bits per heavy atom. The molecule has 0 saturated carbocycles. The van der Waals surface area contributed by atoms with Gasteiger partial charge in [-0.3, -0.25) is 29.1 Å². The molecule has 0 radical (unpaired) electrons. The van der Waals surface area contributed by atoms with Crippen molar-refractivity contribution in [3.8, 4) is 29.1 Å². The largest absolute Gasteiger partial charge is 0.491 e. The van der Waals surface area contributed by atoms with E-state index in [4.69, 9.17) is 28.4 Å². The number of ether oxygens (including phenoxy) is 6. The molecule has 16 heteroatoms. The van der Waals surface area contributed by atoms with E-state index < -0.39 is 59.4 Å². The number of nitrogens with zero attached hydrogens (tertiary/aromatic N) is 5. The summed E-state index contributed by atoms with van der Waals surface area (Å²) in [5.74, 6) is 5.19. The fourth-order valence-corrected chi connectivity index (χ4v) is 12.0. The summed E-state index contributed by atoms with van der Waals surface area (Å²) in [6.07, 6.45) is -1.87. The number of piperazine rings is 1. The third kappa shape index (κ3) is 9.95. The molecule has 3 amide bonds. The van der Waals surface area contributed by atoms with Crippen LogP contribution in [-0.4, -0.2) is 135 Å². The molecule has 11 rings (SSSR count). The number of hydrogen-bond donors (Lipinski definition) is 1. The van der Waals surface area contributed by atoms with Crippen LogP contribution in [0.25, 0.3) is 0 Å². The molecule has 0 bridgehead atoms. The van der Waals surface area contributed by atoms with Gasteiger partial charge in [-0.05, 0) is 82.9 Å². The highest BCUT2D eigenvalue weighted by Gasteiger charge is 2.76. The number of cyclic esters (lactones) is 1. The van der Waals surface area contributed by atoms with Crippen LogP contribution in [0.3, 0.4) is 0 Å². The van der Waals surface area contributed by atoms with Crippen molar-refractivity contribution in [3.05, 3.63) is 191 Å². The summed E-state index contributed by atoms with van der Waals surface area (Å²) in [4.78, 5) is 72.8. The van der Waals surface area contributed by atoms with Crippen LogP contribution in [0.4, 0.5) is 10.5 Å². The van der Waals surface area contributed by atoms with E-state index in [1.807, 2.05) is 127 Å². The zero-order valence-electron chi connectivity index (χ0n) is 43.6. The second-order valence-corrected chi connectivity index (χ2v) is 20.1. The van der Waals surface area contributed by atoms with E-state index in [0.717, 1.165) is 21.6 Å². The lowest BCUT2D eigenvalue weighted by Crippen LogP contribution is -2.59. The van der Waals surface area contributed by atoms with Gasteiger partial charge in [-0.1, -0.05) is 121 Å². The van der Waals surface area contributed by atoms with Crippen molar-refractivity contribution in [3.63, 3.8) is 0 Å². The van der Waals surface area contributed by atoms with Gasteiger partial charge >= 0.3 is 12.1 Å². The number of anilines is 1. The second kappa shape index (κ2) is 22.9. The summed E-state index contributed by atoms with van der Waals surface area (Å²) in [6.45, 7) is 3.10. The average Bonchev–Trinajstić information content (AvgIpc) is 2.78. The highest BCUT2D eigenvalue weighted by atomic mass is 16.7. The monoisotopic (exact) mass is 1050 g/mol. The third-order valence-electron chi connectivity index (χ3n) is 15.4. The number of rotatable bonds is 15. The minimum atomic E-state index is -2.01. The van der Waals surface area contributed by atoms with Crippen molar-refractivity contribution < 1.29 is 52.7 Å². The molecule has 5 heterocycles. The topological polar surface area (TPSA) is 160 Å². The van der Waals surface area contributed by atoms with E-state index in [1.54, 1.807) is 29.2 Å². The first kappa shape index (κ1) is 52.0. The number of fused-ring (bicyclic) bond motifs is 4. The van der Waals surface area contributed by atoms with E-state index in [2.05, 4.69) is 33.8 Å². The molecule has 1 N–H and O–H groups in total. The molecule has 0 aromatic heterocycles. The van der Waals surface area contributed by atoms with Crippen LogP contribution < -0.4 is 19.1 Å². The Balaban J connectivity index is 1.09. The number of benzene rings is 6. The van der Waals surface area contributed by atoms with Gasteiger partial charge in [0.15, 0.2) is 11.5 Å². The number of aliphatic hydroxyl groups is 1. The van der Waals surface area contributed by atoms with Crippen molar-refractivity contribution in [1.82, 2.24) is 19.6 Å². The number of methoxy groups -OCH3 is 1. The summed E-state index contributed by atoms with van der Waals surface area (Å²) in [5, 5.41) is 9.71. The van der Waals surface area contributed by atoms with Crippen molar-refractivity contribution in [2.75, 3.05) is 85.0 Å². The highest BCUT2D eigenvalue weighted by Crippen LogP contribution is 2.66. The van der Waals surface area contributed by atoms with Crippen molar-refractivity contribution >= 4 is 29.6 Å². The molecule has 5 aliphatic rings. The van der Waals surface area contributed by atoms with Crippen molar-refractivity contribution in [2.24, 2.45) is 5.92 Å². The van der Waals surface area contributed by atoms with Crippen molar-refractivity contribution in [2.45, 2.75) is 42.7 Å². The third-order valence-corrected chi connectivity index (χ3v) is 15.4. The van der Waals surface area contributed by atoms with Gasteiger partial charge in [-0.2, -0.15) is 0 Å². The van der Waals surface area contributed by atoms with Gasteiger partial charge in [-0.15, -0.1) is 0 Å². The van der Waals surface area contributed by atoms with Crippen LogP contribution in [-0.2, 0) is 47.1 Å². The SMILES string of the molecule is COCCOC(=O)N1C(=O)[C@@]2(c3cc(C#CCN(C)Cc4ccccc4)ccc31)[C@H](C(=O)N1CCN(Cc3ccc4c(c3)OCO4)CC1)[C@H]1C(=O)O[C@H](c3ccccc3)[C@H](c3ccccc3)N1[C@@H]2c1ccc(OCCO)cc1. The first-order valence-electron chi connectivity index (χ1n) is 26.3. The zero-order valence-corrected chi connectivity index (χ0v) is 43.6. The Hall–Kier alpha value is -8.04. The number of esters is 1. The minimum Gasteiger partial charge on any atom is -0.491 e. The number of amides is 3. The van der Waals surface area contributed by atoms with Crippen LogP contribution in [0, 0.1) is 17.8 Å². The fourth-order valence-electron chi connectivity index (χ4n) is 12.0. The minimum absolute atomic E-state index is 0.0417. The number of aliphatic hydroxyl groups excluding tert-OH is 1. The Labute approximate surface area is 453 Å². The lowest BCUT2D eigenvalue weighted by atomic mass is 9.65. The molecule has 6 aromatic rings. The smallest absolute Gasteiger partial charge is 0.421 e. The molecular formula is C62H61N5O11. The van der Waals surface area contributed by atoms with E-state index in [9.17, 15) is 9.90 Å². The second-order valence-electron chi connectivity index (χ2n) is 20.1. The maximum Gasteiger partial charge on any atom is 0.421 e. The summed E-state index contributed by atoms with van der Waals surface area (Å²) in [6, 6.07) is 44.3. The molecule has 400 valence electrons. The van der Waals surface area contributed by atoms with Gasteiger partial charge in [-0.25, -0.2) is 9.69 Å². The van der Waals surface area contributed by atoms with Crippen LogP contribution >= 0.6 is 0 Å². The van der Waals surface area contributed by atoms with E-state index in [1.165, 1.54) is 7.11 Å². The maximum atomic E-state index is 16.7. The number of carbonyl (C=O) groups excluding carboxylic acids is 4. The Morgan fingerprint density at radius 1 is 0.744 bits per heavy atom. The van der Waals surface area contributed by atoms with E-state index >= 15 is 14.4 Å². The predicted octanol–water partition coefficient (Wildman–Crippen LogP) is 7.06.